The molecule has 0 atom stereocenters. The van der Waals surface area contributed by atoms with Crippen molar-refractivity contribution < 1.29 is 18.0 Å². The van der Waals surface area contributed by atoms with E-state index in [1.54, 1.807) is 24.5 Å². The number of carbonyl (C=O) groups excluding carboxylic acids is 2. The van der Waals surface area contributed by atoms with Gasteiger partial charge in [-0.3, -0.25) is 19.6 Å². The highest BCUT2D eigenvalue weighted by Gasteiger charge is 2.20. The summed E-state index contributed by atoms with van der Waals surface area (Å²) >= 11 is 1.27. The standard InChI is InChI=1S/C25H20N6O4S2/c1-37(34,35)31-14-19(23-21(31)6-3-9-27-23)24(33)28-13-22(32)30-25-29-20(15-36-25)18-5-2-4-17(12-18)16-7-10-26-11-8-16/h2-12,14-15H,13H2,1H3,(H,28,33)(H,29,30,32). The second-order valence-corrected chi connectivity index (χ2v) is 10.8. The van der Waals surface area contributed by atoms with E-state index in [1.165, 1.54) is 23.7 Å². The topological polar surface area (TPSA) is 136 Å². The molecule has 5 aromatic rings. The molecule has 10 nitrogen and oxygen atoms in total. The Bertz CT molecular complexity index is 1730. The van der Waals surface area contributed by atoms with E-state index in [2.05, 4.69) is 25.6 Å². The molecule has 4 aromatic heterocycles. The normalized spacial score (nSPS) is 11.4. The molecule has 4 heterocycles. The number of hydrogen-bond acceptors (Lipinski definition) is 8. The van der Waals surface area contributed by atoms with Gasteiger partial charge < -0.3 is 10.6 Å². The molecular weight excluding hydrogens is 512 g/mol. The van der Waals surface area contributed by atoms with Crippen LogP contribution in [0, 0.1) is 0 Å². The first-order chi connectivity index (χ1) is 17.8. The maximum absolute atomic E-state index is 12.7. The molecule has 2 amide bonds. The van der Waals surface area contributed by atoms with Gasteiger partial charge in [-0.05, 0) is 41.5 Å². The minimum Gasteiger partial charge on any atom is -0.343 e. The van der Waals surface area contributed by atoms with Gasteiger partial charge in [-0.2, -0.15) is 0 Å². The predicted octanol–water partition coefficient (Wildman–Crippen LogP) is 3.40. The van der Waals surface area contributed by atoms with Crippen LogP contribution in [-0.4, -0.2) is 52.0 Å². The lowest BCUT2D eigenvalue weighted by Crippen LogP contribution is -2.32. The van der Waals surface area contributed by atoms with Crippen molar-refractivity contribution in [1.82, 2.24) is 24.2 Å². The summed E-state index contributed by atoms with van der Waals surface area (Å²) in [6.07, 6.45) is 7.17. The molecule has 0 saturated heterocycles. The van der Waals surface area contributed by atoms with Crippen molar-refractivity contribution in [3.8, 4) is 22.4 Å². The van der Waals surface area contributed by atoms with E-state index in [-0.39, 0.29) is 23.1 Å². The van der Waals surface area contributed by atoms with Crippen LogP contribution >= 0.6 is 11.3 Å². The van der Waals surface area contributed by atoms with Crippen molar-refractivity contribution in [2.75, 3.05) is 18.1 Å². The zero-order valence-electron chi connectivity index (χ0n) is 19.5. The summed E-state index contributed by atoms with van der Waals surface area (Å²) in [6.45, 7) is -0.330. The Labute approximate surface area is 216 Å². The smallest absolute Gasteiger partial charge is 0.255 e. The molecule has 5 rings (SSSR count). The highest BCUT2D eigenvalue weighted by molar-refractivity contribution is 7.89. The zero-order chi connectivity index (χ0) is 26.0. The minimum atomic E-state index is -3.65. The Morgan fingerprint density at radius 3 is 2.57 bits per heavy atom. The van der Waals surface area contributed by atoms with Crippen LogP contribution in [0.4, 0.5) is 5.13 Å². The Morgan fingerprint density at radius 2 is 1.78 bits per heavy atom. The fourth-order valence-electron chi connectivity index (χ4n) is 3.76. The van der Waals surface area contributed by atoms with Crippen molar-refractivity contribution in [3.05, 3.63) is 84.3 Å². The van der Waals surface area contributed by atoms with E-state index in [0.717, 1.165) is 26.9 Å². The summed E-state index contributed by atoms with van der Waals surface area (Å²) in [5.41, 5.74) is 4.22. The third kappa shape index (κ3) is 5.25. The monoisotopic (exact) mass is 532 g/mol. The van der Waals surface area contributed by atoms with Crippen LogP contribution in [0.5, 0.6) is 0 Å². The summed E-state index contributed by atoms with van der Waals surface area (Å²) < 4.78 is 25.1. The molecule has 0 bridgehead atoms. The second kappa shape index (κ2) is 9.91. The number of amides is 2. The van der Waals surface area contributed by atoms with E-state index >= 15 is 0 Å². The Balaban J connectivity index is 1.25. The molecule has 12 heteroatoms. The first-order valence-electron chi connectivity index (χ1n) is 11.0. The fourth-order valence-corrected chi connectivity index (χ4v) is 5.29. The molecule has 186 valence electrons. The second-order valence-electron chi connectivity index (χ2n) is 8.06. The summed E-state index contributed by atoms with van der Waals surface area (Å²) in [4.78, 5) is 37.9. The van der Waals surface area contributed by atoms with Crippen LogP contribution in [0.25, 0.3) is 33.4 Å². The van der Waals surface area contributed by atoms with Crippen molar-refractivity contribution in [2.45, 2.75) is 0 Å². The number of nitrogens with one attached hydrogen (secondary N) is 2. The summed E-state index contributed by atoms with van der Waals surface area (Å²) in [5, 5.41) is 7.42. The first-order valence-corrected chi connectivity index (χ1v) is 13.7. The molecule has 0 saturated carbocycles. The number of fused-ring (bicyclic) bond motifs is 1. The largest absolute Gasteiger partial charge is 0.343 e. The van der Waals surface area contributed by atoms with E-state index < -0.39 is 21.8 Å². The third-order valence-corrected chi connectivity index (χ3v) is 7.23. The van der Waals surface area contributed by atoms with E-state index in [9.17, 15) is 18.0 Å². The summed E-state index contributed by atoms with van der Waals surface area (Å²) in [5.74, 6) is -1.09. The van der Waals surface area contributed by atoms with Gasteiger partial charge in [0, 0.05) is 35.7 Å². The number of rotatable bonds is 7. The number of anilines is 1. The van der Waals surface area contributed by atoms with E-state index in [0.29, 0.717) is 10.8 Å². The highest BCUT2D eigenvalue weighted by Crippen LogP contribution is 2.28. The lowest BCUT2D eigenvalue weighted by molar-refractivity contribution is -0.115. The molecule has 0 unspecified atom stereocenters. The molecule has 0 aliphatic rings. The lowest BCUT2D eigenvalue weighted by atomic mass is 10.0. The Hall–Kier alpha value is -4.42. The van der Waals surface area contributed by atoms with Crippen LogP contribution in [0.2, 0.25) is 0 Å². The van der Waals surface area contributed by atoms with Gasteiger partial charge in [-0.1, -0.05) is 18.2 Å². The minimum absolute atomic E-state index is 0.0550. The number of nitrogens with zero attached hydrogens (tertiary/aromatic N) is 4. The molecular formula is C25H20N6O4S2. The number of aromatic nitrogens is 4. The quantitative estimate of drug-likeness (QED) is 0.328. The number of thiazole rings is 1. The van der Waals surface area contributed by atoms with Gasteiger partial charge in [0.25, 0.3) is 5.91 Å². The molecule has 0 radical (unpaired) electrons. The maximum Gasteiger partial charge on any atom is 0.255 e. The molecule has 2 N–H and O–H groups in total. The van der Waals surface area contributed by atoms with Gasteiger partial charge in [0.15, 0.2) is 5.13 Å². The van der Waals surface area contributed by atoms with E-state index in [4.69, 9.17) is 0 Å². The van der Waals surface area contributed by atoms with E-state index in [1.807, 2.05) is 41.8 Å². The highest BCUT2D eigenvalue weighted by atomic mass is 32.2. The summed E-state index contributed by atoms with van der Waals surface area (Å²) in [7, 11) is -3.65. The molecule has 1 aromatic carbocycles. The van der Waals surface area contributed by atoms with Gasteiger partial charge in [-0.25, -0.2) is 17.4 Å². The first kappa shape index (κ1) is 24.3. The number of pyridine rings is 2. The van der Waals surface area contributed by atoms with Gasteiger partial charge in [-0.15, -0.1) is 11.3 Å². The van der Waals surface area contributed by atoms with Crippen molar-refractivity contribution in [3.63, 3.8) is 0 Å². The van der Waals surface area contributed by atoms with Crippen LogP contribution in [-0.2, 0) is 14.8 Å². The van der Waals surface area contributed by atoms with Crippen LogP contribution < -0.4 is 10.6 Å². The molecule has 0 aliphatic carbocycles. The van der Waals surface area contributed by atoms with Gasteiger partial charge >= 0.3 is 0 Å². The zero-order valence-corrected chi connectivity index (χ0v) is 21.1. The Morgan fingerprint density at radius 1 is 1.00 bits per heavy atom. The third-order valence-electron chi connectivity index (χ3n) is 5.46. The van der Waals surface area contributed by atoms with Gasteiger partial charge in [0.2, 0.25) is 15.9 Å². The molecule has 37 heavy (non-hydrogen) atoms. The molecule has 0 fully saturated rings. The van der Waals surface area contributed by atoms with Crippen LogP contribution in [0.15, 0.2) is 78.7 Å². The van der Waals surface area contributed by atoms with Gasteiger partial charge in [0.05, 0.1) is 29.6 Å². The van der Waals surface area contributed by atoms with Crippen molar-refractivity contribution in [2.24, 2.45) is 0 Å². The number of benzene rings is 1. The maximum atomic E-state index is 12.7. The predicted molar refractivity (Wildman–Crippen MR) is 142 cm³/mol. The van der Waals surface area contributed by atoms with Gasteiger partial charge in [0.1, 0.15) is 5.52 Å². The number of carbonyl (C=O) groups is 2. The Kier molecular flexibility index (Phi) is 6.51. The van der Waals surface area contributed by atoms with Crippen LogP contribution in [0.3, 0.4) is 0 Å². The van der Waals surface area contributed by atoms with Crippen LogP contribution in [0.1, 0.15) is 10.4 Å². The molecule has 0 aliphatic heterocycles. The van der Waals surface area contributed by atoms with Crippen molar-refractivity contribution >= 4 is 49.3 Å². The SMILES string of the molecule is CS(=O)(=O)n1cc(C(=O)NCC(=O)Nc2nc(-c3cccc(-c4ccncc4)c3)cs2)c2ncccc21. The summed E-state index contributed by atoms with van der Waals surface area (Å²) in [6, 6.07) is 14.9. The number of hydrogen-bond donors (Lipinski definition) is 2. The fraction of sp³-hybridized carbons (Fsp3) is 0.0800. The average Bonchev–Trinajstić information content (AvgIpc) is 3.53. The van der Waals surface area contributed by atoms with Crippen molar-refractivity contribution in [1.29, 1.82) is 0 Å². The lowest BCUT2D eigenvalue weighted by Gasteiger charge is -2.05. The molecule has 0 spiro atoms. The average molecular weight is 533 g/mol.